The zero-order chi connectivity index (χ0) is 14.4. The number of nitrogens with one attached hydrogen (secondary N) is 1. The van der Waals surface area contributed by atoms with E-state index in [0.29, 0.717) is 5.56 Å². The average Bonchev–Trinajstić information content (AvgIpc) is 2.48. The SMILES string of the molecule is CCCCc1ccc(C(=O)Nc2ccccc2Br)cc1. The maximum absolute atomic E-state index is 12.2. The van der Waals surface area contributed by atoms with Gasteiger partial charge in [-0.25, -0.2) is 0 Å². The van der Waals surface area contributed by atoms with Gasteiger partial charge in [-0.2, -0.15) is 0 Å². The van der Waals surface area contributed by atoms with E-state index in [0.717, 1.165) is 16.6 Å². The van der Waals surface area contributed by atoms with E-state index in [1.165, 1.54) is 18.4 Å². The topological polar surface area (TPSA) is 29.1 Å². The van der Waals surface area contributed by atoms with Crippen molar-refractivity contribution in [2.75, 3.05) is 5.32 Å². The molecule has 3 heteroatoms. The second kappa shape index (κ2) is 7.25. The largest absolute Gasteiger partial charge is 0.321 e. The second-order valence-electron chi connectivity index (χ2n) is 4.73. The summed E-state index contributed by atoms with van der Waals surface area (Å²) in [7, 11) is 0. The van der Waals surface area contributed by atoms with Gasteiger partial charge >= 0.3 is 0 Å². The van der Waals surface area contributed by atoms with Gasteiger partial charge < -0.3 is 5.32 Å². The van der Waals surface area contributed by atoms with Crippen LogP contribution in [0.5, 0.6) is 0 Å². The maximum atomic E-state index is 12.2. The van der Waals surface area contributed by atoms with Crippen LogP contribution in [0.2, 0.25) is 0 Å². The van der Waals surface area contributed by atoms with Crippen LogP contribution in [-0.4, -0.2) is 5.91 Å². The fraction of sp³-hybridized carbons (Fsp3) is 0.235. The third kappa shape index (κ3) is 3.94. The molecular formula is C17H18BrNO. The van der Waals surface area contributed by atoms with E-state index in [2.05, 4.69) is 28.2 Å². The Morgan fingerprint density at radius 2 is 1.80 bits per heavy atom. The molecule has 0 fully saturated rings. The molecule has 0 heterocycles. The molecule has 0 aromatic heterocycles. The molecule has 0 spiro atoms. The molecule has 0 aliphatic heterocycles. The predicted octanol–water partition coefficient (Wildman–Crippen LogP) is 5.04. The number of carbonyl (C=O) groups excluding carboxylic acids is 1. The first-order valence-corrected chi connectivity index (χ1v) is 7.65. The van der Waals surface area contributed by atoms with Gasteiger partial charge in [0, 0.05) is 10.0 Å². The average molecular weight is 332 g/mol. The van der Waals surface area contributed by atoms with Gasteiger partial charge in [0.05, 0.1) is 5.69 Å². The van der Waals surface area contributed by atoms with Crippen LogP contribution in [-0.2, 0) is 6.42 Å². The molecule has 0 atom stereocenters. The summed E-state index contributed by atoms with van der Waals surface area (Å²) in [5.41, 5.74) is 2.75. The minimum Gasteiger partial charge on any atom is -0.321 e. The lowest BCUT2D eigenvalue weighted by atomic mass is 10.1. The smallest absolute Gasteiger partial charge is 0.255 e. The molecule has 0 radical (unpaired) electrons. The van der Waals surface area contributed by atoms with Gasteiger partial charge in [-0.15, -0.1) is 0 Å². The Labute approximate surface area is 128 Å². The van der Waals surface area contributed by atoms with E-state index >= 15 is 0 Å². The molecule has 2 nitrogen and oxygen atoms in total. The van der Waals surface area contributed by atoms with Crippen molar-refractivity contribution in [1.82, 2.24) is 0 Å². The summed E-state index contributed by atoms with van der Waals surface area (Å²) in [5, 5.41) is 2.90. The summed E-state index contributed by atoms with van der Waals surface area (Å²) >= 11 is 3.42. The Bertz CT molecular complexity index is 578. The molecule has 2 aromatic rings. The van der Waals surface area contributed by atoms with Crippen LogP contribution in [0.1, 0.15) is 35.7 Å². The highest BCUT2D eigenvalue weighted by molar-refractivity contribution is 9.10. The minimum absolute atomic E-state index is 0.0843. The van der Waals surface area contributed by atoms with Crippen molar-refractivity contribution in [2.24, 2.45) is 0 Å². The van der Waals surface area contributed by atoms with E-state index in [-0.39, 0.29) is 5.91 Å². The molecule has 0 aliphatic rings. The lowest BCUT2D eigenvalue weighted by Crippen LogP contribution is -2.12. The molecule has 2 rings (SSSR count). The summed E-state index contributed by atoms with van der Waals surface area (Å²) in [6, 6.07) is 15.4. The summed E-state index contributed by atoms with van der Waals surface area (Å²) in [5.74, 6) is -0.0843. The van der Waals surface area contributed by atoms with Crippen molar-refractivity contribution in [3.8, 4) is 0 Å². The number of aryl methyl sites for hydroxylation is 1. The van der Waals surface area contributed by atoms with Crippen LogP contribution in [0.3, 0.4) is 0 Å². The van der Waals surface area contributed by atoms with E-state index in [4.69, 9.17) is 0 Å². The van der Waals surface area contributed by atoms with E-state index < -0.39 is 0 Å². The van der Waals surface area contributed by atoms with Gasteiger partial charge in [0.15, 0.2) is 0 Å². The van der Waals surface area contributed by atoms with Gasteiger partial charge in [-0.1, -0.05) is 37.6 Å². The number of amides is 1. The van der Waals surface area contributed by atoms with Crippen LogP contribution < -0.4 is 5.32 Å². The number of unbranched alkanes of at least 4 members (excludes halogenated alkanes) is 1. The summed E-state index contributed by atoms with van der Waals surface area (Å²) in [6.07, 6.45) is 3.44. The van der Waals surface area contributed by atoms with Crippen molar-refractivity contribution in [1.29, 1.82) is 0 Å². The monoisotopic (exact) mass is 331 g/mol. The highest BCUT2D eigenvalue weighted by Gasteiger charge is 2.07. The molecule has 1 N–H and O–H groups in total. The number of rotatable bonds is 5. The number of hydrogen-bond acceptors (Lipinski definition) is 1. The zero-order valence-corrected chi connectivity index (χ0v) is 13.1. The van der Waals surface area contributed by atoms with Crippen LogP contribution in [0.25, 0.3) is 0 Å². The van der Waals surface area contributed by atoms with E-state index in [1.807, 2.05) is 48.5 Å². The third-order valence-corrected chi connectivity index (χ3v) is 3.85. The molecule has 0 saturated carbocycles. The van der Waals surface area contributed by atoms with Crippen LogP contribution in [0.4, 0.5) is 5.69 Å². The molecule has 20 heavy (non-hydrogen) atoms. The first-order valence-electron chi connectivity index (χ1n) is 6.85. The lowest BCUT2D eigenvalue weighted by molar-refractivity contribution is 0.102. The van der Waals surface area contributed by atoms with Crippen molar-refractivity contribution in [3.63, 3.8) is 0 Å². The number of benzene rings is 2. The molecule has 0 unspecified atom stereocenters. The first kappa shape index (κ1) is 14.8. The van der Waals surface area contributed by atoms with Crippen molar-refractivity contribution in [3.05, 3.63) is 64.1 Å². The molecule has 2 aromatic carbocycles. The van der Waals surface area contributed by atoms with Crippen LogP contribution in [0.15, 0.2) is 53.0 Å². The van der Waals surface area contributed by atoms with Gasteiger partial charge in [0.2, 0.25) is 0 Å². The summed E-state index contributed by atoms with van der Waals surface area (Å²) in [6.45, 7) is 2.18. The normalized spacial score (nSPS) is 10.3. The van der Waals surface area contributed by atoms with Gasteiger partial charge in [-0.3, -0.25) is 4.79 Å². The molecule has 0 aliphatic carbocycles. The molecule has 1 amide bonds. The number of carbonyl (C=O) groups is 1. The fourth-order valence-corrected chi connectivity index (χ4v) is 2.34. The predicted molar refractivity (Wildman–Crippen MR) is 87.1 cm³/mol. The lowest BCUT2D eigenvalue weighted by Gasteiger charge is -2.08. The van der Waals surface area contributed by atoms with Gasteiger partial charge in [0.25, 0.3) is 5.91 Å². The Kier molecular flexibility index (Phi) is 5.36. The molecule has 0 saturated heterocycles. The zero-order valence-electron chi connectivity index (χ0n) is 11.5. The van der Waals surface area contributed by atoms with E-state index in [9.17, 15) is 4.79 Å². The standard InChI is InChI=1S/C17H18BrNO/c1-2-3-6-13-9-11-14(12-10-13)17(20)19-16-8-5-4-7-15(16)18/h4-5,7-12H,2-3,6H2,1H3,(H,19,20). The van der Waals surface area contributed by atoms with Crippen LogP contribution >= 0.6 is 15.9 Å². The Balaban J connectivity index is 2.04. The van der Waals surface area contributed by atoms with E-state index in [1.54, 1.807) is 0 Å². The Hall–Kier alpha value is -1.61. The summed E-state index contributed by atoms with van der Waals surface area (Å²) in [4.78, 5) is 12.2. The fourth-order valence-electron chi connectivity index (χ4n) is 1.96. The van der Waals surface area contributed by atoms with Crippen molar-refractivity contribution in [2.45, 2.75) is 26.2 Å². The van der Waals surface area contributed by atoms with Crippen molar-refractivity contribution >= 4 is 27.5 Å². The summed E-state index contributed by atoms with van der Waals surface area (Å²) < 4.78 is 0.882. The first-order chi connectivity index (χ1) is 9.70. The minimum atomic E-state index is -0.0843. The van der Waals surface area contributed by atoms with Crippen molar-refractivity contribution < 1.29 is 4.79 Å². The third-order valence-electron chi connectivity index (χ3n) is 3.16. The number of halogens is 1. The maximum Gasteiger partial charge on any atom is 0.255 e. The molecule has 104 valence electrons. The number of hydrogen-bond donors (Lipinski definition) is 1. The number of anilines is 1. The highest BCUT2D eigenvalue weighted by atomic mass is 79.9. The van der Waals surface area contributed by atoms with Gasteiger partial charge in [0.1, 0.15) is 0 Å². The molecular weight excluding hydrogens is 314 g/mol. The molecule has 0 bridgehead atoms. The highest BCUT2D eigenvalue weighted by Crippen LogP contribution is 2.22. The quantitative estimate of drug-likeness (QED) is 0.816. The Morgan fingerprint density at radius 1 is 1.10 bits per heavy atom. The van der Waals surface area contributed by atoms with Gasteiger partial charge in [-0.05, 0) is 58.6 Å². The number of para-hydroxylation sites is 1. The second-order valence-corrected chi connectivity index (χ2v) is 5.59. The Morgan fingerprint density at radius 3 is 2.45 bits per heavy atom. The van der Waals surface area contributed by atoms with Crippen LogP contribution in [0, 0.1) is 0 Å².